The third-order valence-corrected chi connectivity index (χ3v) is 2.15. The van der Waals surface area contributed by atoms with E-state index in [1.165, 1.54) is 0 Å². The van der Waals surface area contributed by atoms with Gasteiger partial charge in [0.1, 0.15) is 0 Å². The molecule has 86 valence electrons. The fourth-order valence-corrected chi connectivity index (χ4v) is 1.15. The molecule has 0 unspecified atom stereocenters. The first kappa shape index (κ1) is 16.4. The van der Waals surface area contributed by atoms with E-state index in [1.54, 1.807) is 19.8 Å². The number of aliphatic hydroxyl groups is 2. The molecule has 0 aliphatic heterocycles. The van der Waals surface area contributed by atoms with E-state index >= 15 is 0 Å². The first-order chi connectivity index (χ1) is 7.17. The van der Waals surface area contributed by atoms with Crippen LogP contribution in [0.25, 0.3) is 0 Å². The topological polar surface area (TPSA) is 40.5 Å². The molecule has 16 heavy (non-hydrogen) atoms. The zero-order valence-electron chi connectivity index (χ0n) is 9.15. The van der Waals surface area contributed by atoms with Crippen molar-refractivity contribution in [2.24, 2.45) is 0 Å². The summed E-state index contributed by atoms with van der Waals surface area (Å²) in [7, 11) is 0. The standard InChI is InChI=1S/C8H11O2.C5H5.Fe/c1-8(10,6-9)7-4-2-3-5-7;1-2-4-5-3-1;/h2-5,9-10H,6H2,1H3;1-5H;/q;;+2/t8-;;/m0../s1. The van der Waals surface area contributed by atoms with Crippen molar-refractivity contribution >= 4 is 0 Å². The van der Waals surface area contributed by atoms with E-state index in [2.05, 4.69) is 0 Å². The van der Waals surface area contributed by atoms with Crippen molar-refractivity contribution in [2.45, 2.75) is 12.5 Å². The van der Waals surface area contributed by atoms with Crippen LogP contribution in [0.5, 0.6) is 0 Å². The molecule has 2 fully saturated rings. The van der Waals surface area contributed by atoms with Crippen LogP contribution in [0.15, 0.2) is 0 Å². The fourth-order valence-electron chi connectivity index (χ4n) is 1.15. The molecule has 0 aromatic heterocycles. The Balaban J connectivity index is 0.000000318. The molecule has 0 heterocycles. The molecule has 2 aliphatic rings. The maximum atomic E-state index is 9.43. The Kier molecular flexibility index (Phi) is 8.75. The molecule has 2 N–H and O–H groups in total. The molecular formula is C13H16FeO2+2. The van der Waals surface area contributed by atoms with Gasteiger partial charge in [0.05, 0.1) is 12.2 Å². The minimum Gasteiger partial charge on any atom is -0.393 e. The average Bonchev–Trinajstić information content (AvgIpc) is 2.93. The zero-order chi connectivity index (χ0) is 11.1. The number of rotatable bonds is 2. The minimum atomic E-state index is -1.08. The van der Waals surface area contributed by atoms with Crippen LogP contribution in [0.2, 0.25) is 0 Å². The van der Waals surface area contributed by atoms with Crippen LogP contribution in [0.1, 0.15) is 6.92 Å². The van der Waals surface area contributed by atoms with Crippen LogP contribution < -0.4 is 0 Å². The molecule has 2 saturated carbocycles. The molecule has 0 aromatic carbocycles. The third kappa shape index (κ3) is 5.67. The number of aliphatic hydroxyl groups excluding tert-OH is 1. The van der Waals surface area contributed by atoms with E-state index in [0.717, 1.165) is 5.92 Å². The summed E-state index contributed by atoms with van der Waals surface area (Å²) in [5, 5.41) is 18.1. The molecule has 0 saturated heterocycles. The van der Waals surface area contributed by atoms with E-state index in [1.807, 2.05) is 44.9 Å². The quantitative estimate of drug-likeness (QED) is 0.731. The summed E-state index contributed by atoms with van der Waals surface area (Å²) in [5.41, 5.74) is -1.08. The summed E-state index contributed by atoms with van der Waals surface area (Å²) >= 11 is 0. The van der Waals surface area contributed by atoms with Gasteiger partial charge in [-0.25, -0.2) is 0 Å². The van der Waals surface area contributed by atoms with E-state index in [9.17, 15) is 5.11 Å². The van der Waals surface area contributed by atoms with Gasteiger partial charge >= 0.3 is 17.1 Å². The molecule has 0 aromatic rings. The van der Waals surface area contributed by atoms with Gasteiger partial charge in [-0.05, 0) is 64.7 Å². The first-order valence-corrected chi connectivity index (χ1v) is 4.89. The third-order valence-electron chi connectivity index (χ3n) is 2.15. The number of hydrogen-bond donors (Lipinski definition) is 2. The molecule has 0 spiro atoms. The number of hydrogen-bond acceptors (Lipinski definition) is 2. The van der Waals surface area contributed by atoms with Gasteiger partial charge in [-0.1, -0.05) is 0 Å². The van der Waals surface area contributed by atoms with Gasteiger partial charge in [0, 0.05) is 5.92 Å². The van der Waals surface area contributed by atoms with Gasteiger partial charge in [0.15, 0.2) is 0 Å². The van der Waals surface area contributed by atoms with Crippen LogP contribution in [0.4, 0.5) is 0 Å². The van der Waals surface area contributed by atoms with Gasteiger partial charge in [-0.3, -0.25) is 0 Å². The molecule has 1 atom stereocenters. The van der Waals surface area contributed by atoms with Crippen molar-refractivity contribution in [3.63, 3.8) is 0 Å². The van der Waals surface area contributed by atoms with Crippen molar-refractivity contribution in [3.05, 3.63) is 63.7 Å². The van der Waals surface area contributed by atoms with Crippen molar-refractivity contribution in [1.29, 1.82) is 0 Å². The van der Waals surface area contributed by atoms with E-state index in [4.69, 9.17) is 5.11 Å². The van der Waals surface area contributed by atoms with Crippen molar-refractivity contribution in [3.8, 4) is 0 Å². The van der Waals surface area contributed by atoms with Gasteiger partial charge in [0.25, 0.3) is 0 Å². The molecule has 2 nitrogen and oxygen atoms in total. The largest absolute Gasteiger partial charge is 2.00 e. The summed E-state index contributed by atoms with van der Waals surface area (Å²) in [6, 6.07) is 0. The smallest absolute Gasteiger partial charge is 0.393 e. The van der Waals surface area contributed by atoms with Gasteiger partial charge in [-0.2, -0.15) is 0 Å². The molecule has 0 bridgehead atoms. The van der Waals surface area contributed by atoms with Crippen molar-refractivity contribution < 1.29 is 27.3 Å². The summed E-state index contributed by atoms with van der Waals surface area (Å²) in [6.07, 6.45) is 17.2. The van der Waals surface area contributed by atoms with Crippen LogP contribution >= 0.6 is 0 Å². The maximum absolute atomic E-state index is 9.43. The predicted molar refractivity (Wildman–Crippen MR) is 59.7 cm³/mol. The van der Waals surface area contributed by atoms with Gasteiger partial charge in [-0.15, -0.1) is 0 Å². The molecule has 0 amide bonds. The molecular weight excluding hydrogens is 244 g/mol. The van der Waals surface area contributed by atoms with E-state index < -0.39 is 5.60 Å². The Morgan fingerprint density at radius 1 is 0.938 bits per heavy atom. The predicted octanol–water partition coefficient (Wildman–Crippen LogP) is 1.15. The zero-order valence-corrected chi connectivity index (χ0v) is 10.3. The van der Waals surface area contributed by atoms with E-state index in [-0.39, 0.29) is 23.7 Å². The average molecular weight is 260 g/mol. The summed E-state index contributed by atoms with van der Waals surface area (Å²) in [5.74, 6) is 0.759. The van der Waals surface area contributed by atoms with E-state index in [0.29, 0.717) is 0 Å². The summed E-state index contributed by atoms with van der Waals surface area (Å²) in [6.45, 7) is 1.35. The molecule has 3 heteroatoms. The van der Waals surface area contributed by atoms with Crippen LogP contribution in [-0.2, 0) is 17.1 Å². The van der Waals surface area contributed by atoms with Crippen LogP contribution in [0, 0.1) is 63.7 Å². The van der Waals surface area contributed by atoms with Gasteiger partial charge in [0.2, 0.25) is 0 Å². The van der Waals surface area contributed by atoms with Crippen LogP contribution in [-0.4, -0.2) is 22.4 Å². The minimum absolute atomic E-state index is 0. The first-order valence-electron chi connectivity index (χ1n) is 4.89. The Hall–Kier alpha value is 0.439. The molecule has 2 aliphatic carbocycles. The summed E-state index contributed by atoms with van der Waals surface area (Å²) in [4.78, 5) is 0. The second-order valence-electron chi connectivity index (χ2n) is 3.57. The van der Waals surface area contributed by atoms with Crippen LogP contribution in [0.3, 0.4) is 0 Å². The Bertz CT molecular complexity index is 154. The fraction of sp³-hybridized carbons (Fsp3) is 0.231. The van der Waals surface area contributed by atoms with Crippen molar-refractivity contribution in [2.75, 3.05) is 6.61 Å². The van der Waals surface area contributed by atoms with Gasteiger partial charge < -0.3 is 10.2 Å². The van der Waals surface area contributed by atoms with Crippen molar-refractivity contribution in [1.82, 2.24) is 0 Å². The monoisotopic (exact) mass is 260 g/mol. The second kappa shape index (κ2) is 8.52. The Morgan fingerprint density at radius 2 is 1.31 bits per heavy atom. The Labute approximate surface area is 110 Å². The summed E-state index contributed by atoms with van der Waals surface area (Å²) < 4.78 is 0. The molecule has 10 radical (unpaired) electrons. The second-order valence-corrected chi connectivity index (χ2v) is 3.57. The maximum Gasteiger partial charge on any atom is 2.00 e. The molecule has 2 rings (SSSR count). The SMILES string of the molecule is C[C@](O)(CO)[C]1[CH][CH][CH][CH]1.[CH]1[CH][CH][CH][CH]1.[Fe+2]. The normalized spacial score (nSPS) is 24.2. The Morgan fingerprint density at radius 3 is 1.62 bits per heavy atom.